The van der Waals surface area contributed by atoms with Gasteiger partial charge in [-0.3, -0.25) is 14.3 Å². The molecule has 1 aromatic rings. The first-order valence-electron chi connectivity index (χ1n) is 10.0. The number of aromatic nitrogens is 3. The van der Waals surface area contributed by atoms with Gasteiger partial charge in [-0.2, -0.15) is 13.2 Å². The summed E-state index contributed by atoms with van der Waals surface area (Å²) in [6.45, 7) is 6.03. The van der Waals surface area contributed by atoms with E-state index in [0.29, 0.717) is 13.1 Å². The Balaban J connectivity index is 0.000000339. The molecule has 0 aliphatic carbocycles. The van der Waals surface area contributed by atoms with Crippen LogP contribution in [0.2, 0.25) is 0 Å². The van der Waals surface area contributed by atoms with Crippen molar-refractivity contribution in [3.8, 4) is 0 Å². The van der Waals surface area contributed by atoms with Crippen LogP contribution in [0.4, 0.5) is 13.2 Å². The molecule has 13 heteroatoms. The summed E-state index contributed by atoms with van der Waals surface area (Å²) >= 11 is 0. The molecule has 3 aliphatic rings. The molecule has 10 nitrogen and oxygen atoms in total. The molecule has 1 aromatic heterocycles. The number of carboxylic acid groups (broad SMARTS) is 1. The quantitative estimate of drug-likeness (QED) is 0.697. The Labute approximate surface area is 176 Å². The molecular formula is C18H25F3N6O4. The average molecular weight is 446 g/mol. The minimum atomic E-state index is -5.08. The van der Waals surface area contributed by atoms with Crippen LogP contribution in [0.1, 0.15) is 23.5 Å². The van der Waals surface area contributed by atoms with Crippen LogP contribution in [0.5, 0.6) is 0 Å². The predicted octanol–water partition coefficient (Wildman–Crippen LogP) is 0.0746. The first kappa shape index (κ1) is 23.0. The Morgan fingerprint density at radius 3 is 2.32 bits per heavy atom. The first-order chi connectivity index (χ1) is 14.6. The van der Waals surface area contributed by atoms with Crippen LogP contribution in [-0.2, 0) is 16.6 Å². The molecule has 0 radical (unpaired) electrons. The molecule has 0 spiro atoms. The number of aryl methyl sites for hydroxylation is 1. The third-order valence-electron chi connectivity index (χ3n) is 5.73. The summed E-state index contributed by atoms with van der Waals surface area (Å²) in [5, 5.41) is 11.2. The molecule has 2 amide bonds. The SMILES string of the molecule is Cn1cnc(C(=O)N2C[C@H]3CN(CCN4CCCC4)C(=O)[C@H]3C2)n1.O=C(O)C(F)(F)F. The smallest absolute Gasteiger partial charge is 0.475 e. The van der Waals surface area contributed by atoms with Gasteiger partial charge in [0, 0.05) is 45.7 Å². The fourth-order valence-corrected chi connectivity index (χ4v) is 4.16. The van der Waals surface area contributed by atoms with E-state index in [1.807, 2.05) is 4.90 Å². The zero-order valence-electron chi connectivity index (χ0n) is 17.1. The number of amides is 2. The summed E-state index contributed by atoms with van der Waals surface area (Å²) in [4.78, 5) is 44.2. The van der Waals surface area contributed by atoms with Crippen molar-refractivity contribution in [3.05, 3.63) is 12.2 Å². The molecule has 0 bridgehead atoms. The van der Waals surface area contributed by atoms with Crippen molar-refractivity contribution in [1.29, 1.82) is 0 Å². The number of likely N-dealkylation sites (tertiary alicyclic amines) is 3. The third kappa shape index (κ3) is 5.51. The van der Waals surface area contributed by atoms with E-state index in [1.54, 1.807) is 11.9 Å². The van der Waals surface area contributed by atoms with Crippen molar-refractivity contribution in [2.45, 2.75) is 19.0 Å². The van der Waals surface area contributed by atoms with Gasteiger partial charge < -0.3 is 19.8 Å². The number of aliphatic carboxylic acids is 1. The number of carboxylic acids is 1. The van der Waals surface area contributed by atoms with Crippen LogP contribution in [0.3, 0.4) is 0 Å². The standard InChI is InChI=1S/C16H24N6O2.C2HF3O2/c1-19-11-17-14(18-19)16(24)22-9-12-8-21(15(23)13(12)10-22)7-6-20-4-2-3-5-20;3-2(4,5)1(6)7/h11-13H,2-10H2,1H3;(H,6,7)/t12-,13+;/m1./s1. The van der Waals surface area contributed by atoms with Crippen LogP contribution in [0, 0.1) is 11.8 Å². The number of halogens is 3. The maximum absolute atomic E-state index is 12.6. The van der Waals surface area contributed by atoms with Crippen molar-refractivity contribution in [1.82, 2.24) is 29.5 Å². The second-order valence-electron chi connectivity index (χ2n) is 7.95. The third-order valence-corrected chi connectivity index (χ3v) is 5.73. The minimum Gasteiger partial charge on any atom is -0.475 e. The molecule has 4 heterocycles. The molecule has 0 saturated carbocycles. The monoisotopic (exact) mass is 446 g/mol. The van der Waals surface area contributed by atoms with Crippen molar-refractivity contribution >= 4 is 17.8 Å². The normalized spacial score (nSPS) is 23.7. The Morgan fingerprint density at radius 2 is 1.81 bits per heavy atom. The van der Waals surface area contributed by atoms with Gasteiger partial charge in [-0.15, -0.1) is 5.10 Å². The van der Waals surface area contributed by atoms with Crippen LogP contribution < -0.4 is 0 Å². The molecule has 0 unspecified atom stereocenters. The van der Waals surface area contributed by atoms with Crippen LogP contribution in [0.15, 0.2) is 6.33 Å². The highest BCUT2D eigenvalue weighted by Crippen LogP contribution is 2.32. The van der Waals surface area contributed by atoms with Gasteiger partial charge >= 0.3 is 12.1 Å². The molecule has 3 aliphatic heterocycles. The number of nitrogens with zero attached hydrogens (tertiary/aromatic N) is 6. The zero-order valence-corrected chi connectivity index (χ0v) is 17.1. The molecule has 31 heavy (non-hydrogen) atoms. The number of alkyl halides is 3. The lowest BCUT2D eigenvalue weighted by Crippen LogP contribution is -2.39. The molecule has 3 fully saturated rings. The Kier molecular flexibility index (Phi) is 6.82. The Hall–Kier alpha value is -2.70. The van der Waals surface area contributed by atoms with E-state index in [-0.39, 0.29) is 29.5 Å². The molecule has 172 valence electrons. The van der Waals surface area contributed by atoms with E-state index < -0.39 is 12.1 Å². The average Bonchev–Trinajstić information content (AvgIpc) is 3.46. The number of hydrogen-bond acceptors (Lipinski definition) is 6. The van der Waals surface area contributed by atoms with Crippen LogP contribution in [0.25, 0.3) is 0 Å². The lowest BCUT2D eigenvalue weighted by Gasteiger charge is -2.23. The minimum absolute atomic E-state index is 0.0451. The number of fused-ring (bicyclic) bond motifs is 1. The first-order valence-corrected chi connectivity index (χ1v) is 10.0. The maximum Gasteiger partial charge on any atom is 0.490 e. The second kappa shape index (κ2) is 9.20. The number of rotatable bonds is 4. The van der Waals surface area contributed by atoms with Gasteiger partial charge in [0.25, 0.3) is 5.91 Å². The van der Waals surface area contributed by atoms with E-state index in [9.17, 15) is 22.8 Å². The van der Waals surface area contributed by atoms with Gasteiger partial charge in [0.2, 0.25) is 11.7 Å². The van der Waals surface area contributed by atoms with Gasteiger partial charge in [-0.1, -0.05) is 0 Å². The molecule has 1 N–H and O–H groups in total. The van der Waals surface area contributed by atoms with E-state index in [2.05, 4.69) is 15.0 Å². The molecule has 2 atom stereocenters. The van der Waals surface area contributed by atoms with Crippen LogP contribution in [-0.4, -0.2) is 104 Å². The number of carbonyl (C=O) groups excluding carboxylic acids is 2. The summed E-state index contributed by atoms with van der Waals surface area (Å²) in [6.07, 6.45) is -1.01. The highest BCUT2D eigenvalue weighted by atomic mass is 19.4. The fraction of sp³-hybridized carbons (Fsp3) is 0.722. The van der Waals surface area contributed by atoms with E-state index in [0.717, 1.165) is 32.7 Å². The molecular weight excluding hydrogens is 421 g/mol. The summed E-state index contributed by atoms with van der Waals surface area (Å²) in [6, 6.07) is 0. The van der Waals surface area contributed by atoms with Crippen molar-refractivity contribution in [2.24, 2.45) is 18.9 Å². The molecule has 3 saturated heterocycles. The lowest BCUT2D eigenvalue weighted by atomic mass is 10.0. The zero-order chi connectivity index (χ0) is 22.8. The Morgan fingerprint density at radius 1 is 1.16 bits per heavy atom. The predicted molar refractivity (Wildman–Crippen MR) is 99.8 cm³/mol. The lowest BCUT2D eigenvalue weighted by molar-refractivity contribution is -0.192. The van der Waals surface area contributed by atoms with E-state index in [4.69, 9.17) is 9.90 Å². The van der Waals surface area contributed by atoms with Gasteiger partial charge in [0.1, 0.15) is 6.33 Å². The highest BCUT2D eigenvalue weighted by Gasteiger charge is 2.47. The Bertz CT molecular complexity index is 823. The van der Waals surface area contributed by atoms with Gasteiger partial charge in [0.05, 0.1) is 5.92 Å². The van der Waals surface area contributed by atoms with Crippen molar-refractivity contribution < 1.29 is 32.7 Å². The van der Waals surface area contributed by atoms with Gasteiger partial charge in [0.15, 0.2) is 0 Å². The van der Waals surface area contributed by atoms with Crippen molar-refractivity contribution in [2.75, 3.05) is 45.8 Å². The fourth-order valence-electron chi connectivity index (χ4n) is 4.16. The molecule has 0 aromatic carbocycles. The van der Waals surface area contributed by atoms with Crippen molar-refractivity contribution in [3.63, 3.8) is 0 Å². The van der Waals surface area contributed by atoms with E-state index in [1.165, 1.54) is 23.9 Å². The number of carbonyl (C=O) groups is 3. The second-order valence-corrected chi connectivity index (χ2v) is 7.95. The summed E-state index contributed by atoms with van der Waals surface area (Å²) in [5.74, 6) is -2.28. The summed E-state index contributed by atoms with van der Waals surface area (Å²) in [7, 11) is 1.74. The summed E-state index contributed by atoms with van der Waals surface area (Å²) in [5.41, 5.74) is 0. The highest BCUT2D eigenvalue weighted by molar-refractivity contribution is 5.92. The van der Waals surface area contributed by atoms with E-state index >= 15 is 0 Å². The maximum atomic E-state index is 12.6. The largest absolute Gasteiger partial charge is 0.490 e. The topological polar surface area (TPSA) is 112 Å². The summed E-state index contributed by atoms with van der Waals surface area (Å²) < 4.78 is 33.3. The number of hydrogen-bond donors (Lipinski definition) is 1. The van der Waals surface area contributed by atoms with Gasteiger partial charge in [-0.25, -0.2) is 9.78 Å². The molecule has 4 rings (SSSR count). The van der Waals surface area contributed by atoms with Gasteiger partial charge in [-0.05, 0) is 25.9 Å². The van der Waals surface area contributed by atoms with Crippen LogP contribution >= 0.6 is 0 Å².